The minimum absolute atomic E-state index is 0.0459. The van der Waals surface area contributed by atoms with Crippen molar-refractivity contribution in [2.75, 3.05) is 18.9 Å². The van der Waals surface area contributed by atoms with E-state index in [4.69, 9.17) is 5.84 Å². The topological polar surface area (TPSA) is 105 Å². The first kappa shape index (κ1) is 20.3. The molecule has 3 heterocycles. The molecule has 2 atom stereocenters. The van der Waals surface area contributed by atoms with Gasteiger partial charge in [0.15, 0.2) is 12.0 Å². The Balaban J connectivity index is 1.46. The van der Waals surface area contributed by atoms with Crippen molar-refractivity contribution < 1.29 is 22.7 Å². The fourth-order valence-electron chi connectivity index (χ4n) is 4.91. The van der Waals surface area contributed by atoms with Crippen LogP contribution in [0.4, 0.5) is 0 Å². The largest absolute Gasteiger partial charge is 0.331 e. The number of carbonyl (C=O) groups excluding carboxylic acids is 2. The Morgan fingerprint density at radius 1 is 1.24 bits per heavy atom. The predicted molar refractivity (Wildman–Crippen MR) is 105 cm³/mol. The van der Waals surface area contributed by atoms with Crippen LogP contribution in [0.3, 0.4) is 0 Å². The van der Waals surface area contributed by atoms with Gasteiger partial charge in [0.2, 0.25) is 22.1 Å². The maximum absolute atomic E-state index is 13.1. The highest BCUT2D eigenvalue weighted by atomic mass is 32.2. The maximum atomic E-state index is 13.1. The van der Waals surface area contributed by atoms with Crippen LogP contribution in [0.2, 0.25) is 0 Å². The van der Waals surface area contributed by atoms with Crippen molar-refractivity contribution in [2.45, 2.75) is 61.9 Å². The molecule has 1 radical (unpaired) electrons. The van der Waals surface area contributed by atoms with Gasteiger partial charge in [0.1, 0.15) is 10.9 Å². The highest BCUT2D eigenvalue weighted by molar-refractivity contribution is 7.89. The van der Waals surface area contributed by atoms with Crippen molar-refractivity contribution in [1.29, 1.82) is 0 Å². The number of ketones is 1. The molecule has 0 bridgehead atoms. The van der Waals surface area contributed by atoms with Gasteiger partial charge in [-0.25, -0.2) is 14.3 Å². The third kappa shape index (κ3) is 3.90. The van der Waals surface area contributed by atoms with E-state index in [0.717, 1.165) is 19.3 Å². The molecule has 0 spiro atoms. The third-order valence-electron chi connectivity index (χ3n) is 6.41. The second-order valence-corrected chi connectivity index (χ2v) is 10.2. The fourth-order valence-corrected chi connectivity index (χ4v) is 6.56. The maximum Gasteiger partial charge on any atom is 0.249 e. The van der Waals surface area contributed by atoms with E-state index in [-0.39, 0.29) is 23.1 Å². The lowest BCUT2D eigenvalue weighted by molar-refractivity contribution is -0.641. The SMILES string of the molecule is N[n+]1cccc(S(=O)(=O)N2CC(=O)C3C2CCN3C(=O)[CH]CC2CCCCC2)c1. The molecule has 2 saturated heterocycles. The number of hydrogen-bond acceptors (Lipinski definition) is 5. The van der Waals surface area contributed by atoms with Crippen LogP contribution in [0.15, 0.2) is 29.4 Å². The molecule has 0 aromatic carbocycles. The molecule has 1 amide bonds. The van der Waals surface area contributed by atoms with Crippen molar-refractivity contribution in [1.82, 2.24) is 9.21 Å². The summed E-state index contributed by atoms with van der Waals surface area (Å²) in [4.78, 5) is 27.1. The summed E-state index contributed by atoms with van der Waals surface area (Å²) in [5, 5.41) is 0. The van der Waals surface area contributed by atoms with Crippen molar-refractivity contribution in [3.8, 4) is 0 Å². The molecule has 3 aliphatic rings. The molecule has 2 unspecified atom stereocenters. The first-order valence-electron chi connectivity index (χ1n) is 10.3. The number of aromatic nitrogens is 1. The number of sulfonamides is 1. The van der Waals surface area contributed by atoms with Gasteiger partial charge in [-0.3, -0.25) is 9.59 Å². The van der Waals surface area contributed by atoms with Crippen LogP contribution in [0.25, 0.3) is 0 Å². The van der Waals surface area contributed by atoms with E-state index in [1.165, 1.54) is 46.7 Å². The van der Waals surface area contributed by atoms with Crippen molar-refractivity contribution in [3.05, 3.63) is 30.9 Å². The van der Waals surface area contributed by atoms with E-state index in [1.54, 1.807) is 17.4 Å². The Bertz CT molecular complexity index is 897. The van der Waals surface area contributed by atoms with E-state index in [0.29, 0.717) is 18.9 Å². The van der Waals surface area contributed by atoms with Gasteiger partial charge in [-0.2, -0.15) is 4.31 Å². The summed E-state index contributed by atoms with van der Waals surface area (Å²) < 4.78 is 28.6. The van der Waals surface area contributed by atoms with Crippen LogP contribution < -0.4 is 10.5 Å². The number of Topliss-reactive ketones (excluding diaryl/α,β-unsaturated/α-hetero) is 1. The second-order valence-electron chi connectivity index (χ2n) is 8.28. The Hall–Kier alpha value is -2.00. The lowest BCUT2D eigenvalue weighted by atomic mass is 9.86. The number of nitrogen functional groups attached to an aromatic ring is 1. The number of amides is 1. The normalized spacial score (nSPS) is 26.1. The minimum atomic E-state index is -3.86. The highest BCUT2D eigenvalue weighted by Gasteiger charge is 2.53. The number of rotatable bonds is 5. The summed E-state index contributed by atoms with van der Waals surface area (Å²) in [6.45, 7) is 0.197. The van der Waals surface area contributed by atoms with Gasteiger partial charge in [-0.15, -0.1) is 0 Å². The molecule has 3 fully saturated rings. The molecule has 29 heavy (non-hydrogen) atoms. The summed E-state index contributed by atoms with van der Waals surface area (Å²) in [6.07, 6.45) is 11.8. The molecule has 157 valence electrons. The van der Waals surface area contributed by atoms with Crippen LogP contribution in [0, 0.1) is 12.3 Å². The molecule has 2 N–H and O–H groups in total. The Morgan fingerprint density at radius 2 is 2.00 bits per heavy atom. The smallest absolute Gasteiger partial charge is 0.249 e. The standard InChI is InChI=1S/C20H28N4O4S/c21-22-11-4-7-16(13-22)29(27,28)24-14-18(25)20-17(24)10-12-23(20)19(26)9-8-15-5-2-1-3-6-15/h4,7,9,11,13,15,17,20H,1-3,5-6,8,10,12,14,21H2/q+1. The molecule has 9 heteroatoms. The lowest BCUT2D eigenvalue weighted by Gasteiger charge is -2.25. The zero-order chi connectivity index (χ0) is 20.6. The number of nitrogens with two attached hydrogens (primary N) is 1. The Labute approximate surface area is 171 Å². The number of nitrogens with zero attached hydrogens (tertiary/aromatic N) is 3. The zero-order valence-corrected chi connectivity index (χ0v) is 17.3. The van der Waals surface area contributed by atoms with Crippen LogP contribution >= 0.6 is 0 Å². The average molecular weight is 421 g/mol. The third-order valence-corrected chi connectivity index (χ3v) is 8.27. The number of likely N-dealkylation sites (tertiary alicyclic amines) is 1. The predicted octanol–water partition coefficient (Wildman–Crippen LogP) is 0.405. The molecule has 1 aromatic heterocycles. The molecule has 8 nitrogen and oxygen atoms in total. The zero-order valence-electron chi connectivity index (χ0n) is 16.4. The molecule has 1 aromatic rings. The Morgan fingerprint density at radius 3 is 2.72 bits per heavy atom. The molecule has 1 saturated carbocycles. The Kier molecular flexibility index (Phi) is 5.61. The van der Waals surface area contributed by atoms with E-state index in [1.807, 2.05) is 0 Å². The summed E-state index contributed by atoms with van der Waals surface area (Å²) in [6, 6.07) is 1.82. The van der Waals surface area contributed by atoms with Crippen molar-refractivity contribution in [2.24, 2.45) is 5.92 Å². The van der Waals surface area contributed by atoms with Crippen molar-refractivity contribution in [3.63, 3.8) is 0 Å². The van der Waals surface area contributed by atoms with Gasteiger partial charge in [-0.05, 0) is 24.8 Å². The monoisotopic (exact) mass is 420 g/mol. The molecular formula is C20H28N4O4S+. The quantitative estimate of drug-likeness (QED) is 0.549. The highest BCUT2D eigenvalue weighted by Crippen LogP contribution is 2.34. The van der Waals surface area contributed by atoms with Crippen LogP contribution in [0.1, 0.15) is 44.9 Å². The van der Waals surface area contributed by atoms with Crippen LogP contribution in [0.5, 0.6) is 0 Å². The van der Waals surface area contributed by atoms with E-state index < -0.39 is 22.1 Å². The molecular weight excluding hydrogens is 392 g/mol. The van der Waals surface area contributed by atoms with Gasteiger partial charge in [0, 0.05) is 12.6 Å². The summed E-state index contributed by atoms with van der Waals surface area (Å²) in [5.41, 5.74) is 0. The van der Waals surface area contributed by atoms with Gasteiger partial charge in [-0.1, -0.05) is 36.8 Å². The van der Waals surface area contributed by atoms with Crippen molar-refractivity contribution >= 4 is 21.7 Å². The van der Waals surface area contributed by atoms with Gasteiger partial charge < -0.3 is 4.90 Å². The fraction of sp³-hybridized carbons (Fsp3) is 0.600. The first-order chi connectivity index (χ1) is 13.9. The van der Waals surface area contributed by atoms with Crippen LogP contribution in [-0.4, -0.2) is 54.5 Å². The van der Waals surface area contributed by atoms with E-state index in [9.17, 15) is 18.0 Å². The van der Waals surface area contributed by atoms with Crippen LogP contribution in [-0.2, 0) is 19.6 Å². The van der Waals surface area contributed by atoms with Gasteiger partial charge in [0.25, 0.3) is 0 Å². The number of hydrogen-bond donors (Lipinski definition) is 1. The summed E-state index contributed by atoms with van der Waals surface area (Å²) >= 11 is 0. The molecule has 1 aliphatic carbocycles. The van der Waals surface area contributed by atoms with E-state index >= 15 is 0 Å². The minimum Gasteiger partial charge on any atom is -0.331 e. The number of carbonyl (C=O) groups is 2. The average Bonchev–Trinajstić information content (AvgIpc) is 3.29. The van der Waals surface area contributed by atoms with Gasteiger partial charge in [0.05, 0.1) is 19.0 Å². The second kappa shape index (κ2) is 8.02. The van der Waals surface area contributed by atoms with E-state index in [2.05, 4.69) is 0 Å². The summed E-state index contributed by atoms with van der Waals surface area (Å²) in [7, 11) is -3.86. The molecule has 2 aliphatic heterocycles. The first-order valence-corrected chi connectivity index (χ1v) is 11.8. The molecule has 4 rings (SSSR count). The van der Waals surface area contributed by atoms with Gasteiger partial charge >= 0.3 is 0 Å². The lowest BCUT2D eigenvalue weighted by Crippen LogP contribution is -2.46. The number of fused-ring (bicyclic) bond motifs is 1. The number of pyridine rings is 1. The summed E-state index contributed by atoms with van der Waals surface area (Å²) in [5.74, 6) is 5.84.